The highest BCUT2D eigenvalue weighted by molar-refractivity contribution is 6.30. The lowest BCUT2D eigenvalue weighted by Gasteiger charge is -2.28. The fraction of sp³-hybridized carbons (Fsp3) is 0.133. The van der Waals surface area contributed by atoms with Crippen molar-refractivity contribution < 1.29 is 9.90 Å². The Morgan fingerprint density at radius 1 is 1.11 bits per heavy atom. The number of carboxylic acids is 1. The highest BCUT2D eigenvalue weighted by Crippen LogP contribution is 2.27. The Kier molecular flexibility index (Phi) is 3.76. The molecule has 0 fully saturated rings. The Bertz CT molecular complexity index is 568. The second-order valence-corrected chi connectivity index (χ2v) is 4.86. The van der Waals surface area contributed by atoms with E-state index < -0.39 is 11.5 Å². The minimum atomic E-state index is -1.19. The number of aliphatic carboxylic acids is 1. The maximum absolute atomic E-state index is 11.6. The van der Waals surface area contributed by atoms with Crippen LogP contribution >= 0.6 is 11.6 Å². The lowest BCUT2D eigenvalue weighted by molar-refractivity contribution is -0.142. The van der Waals surface area contributed by atoms with Crippen molar-refractivity contribution in [1.82, 2.24) is 0 Å². The van der Waals surface area contributed by atoms with Crippen molar-refractivity contribution in [2.24, 2.45) is 0 Å². The number of carboxylic acid groups (broad SMARTS) is 1. The lowest BCUT2D eigenvalue weighted by atomic mass is 9.92. The SMILES string of the molecule is CC(Nc1ccc(Cl)cc1)(C(=O)O)c1ccccc1. The Morgan fingerprint density at radius 2 is 1.68 bits per heavy atom. The van der Waals surface area contributed by atoms with Crippen LogP contribution in [0.25, 0.3) is 0 Å². The van der Waals surface area contributed by atoms with E-state index in [4.69, 9.17) is 11.6 Å². The molecule has 0 bridgehead atoms. The molecule has 1 unspecified atom stereocenters. The Labute approximate surface area is 116 Å². The van der Waals surface area contributed by atoms with Gasteiger partial charge in [-0.05, 0) is 36.8 Å². The maximum atomic E-state index is 11.6. The molecule has 0 spiro atoms. The van der Waals surface area contributed by atoms with Crippen molar-refractivity contribution >= 4 is 23.3 Å². The summed E-state index contributed by atoms with van der Waals surface area (Å²) >= 11 is 5.82. The van der Waals surface area contributed by atoms with Crippen molar-refractivity contribution in [2.75, 3.05) is 5.32 Å². The zero-order valence-electron chi connectivity index (χ0n) is 10.4. The molecule has 2 rings (SSSR count). The summed E-state index contributed by atoms with van der Waals surface area (Å²) < 4.78 is 0. The largest absolute Gasteiger partial charge is 0.479 e. The van der Waals surface area contributed by atoms with Crippen molar-refractivity contribution in [1.29, 1.82) is 0 Å². The normalized spacial score (nSPS) is 13.6. The standard InChI is InChI=1S/C15H14ClNO2/c1-15(14(18)19,11-5-3-2-4-6-11)17-13-9-7-12(16)8-10-13/h2-10,17H,1H3,(H,18,19). The molecule has 0 heterocycles. The number of benzene rings is 2. The molecule has 0 aliphatic heterocycles. The minimum absolute atomic E-state index is 0.613. The van der Waals surface area contributed by atoms with Gasteiger partial charge in [0.2, 0.25) is 0 Å². The molecule has 0 aliphatic rings. The lowest BCUT2D eigenvalue weighted by Crippen LogP contribution is -2.40. The van der Waals surface area contributed by atoms with Gasteiger partial charge in [-0.1, -0.05) is 41.9 Å². The average Bonchev–Trinajstić information content (AvgIpc) is 2.42. The zero-order valence-corrected chi connectivity index (χ0v) is 11.2. The van der Waals surface area contributed by atoms with E-state index in [1.54, 1.807) is 43.3 Å². The van der Waals surface area contributed by atoms with E-state index in [0.29, 0.717) is 16.3 Å². The quantitative estimate of drug-likeness (QED) is 0.893. The number of halogens is 1. The number of rotatable bonds is 4. The number of carbonyl (C=O) groups is 1. The molecule has 0 aliphatic carbocycles. The smallest absolute Gasteiger partial charge is 0.333 e. The summed E-state index contributed by atoms with van der Waals surface area (Å²) in [5.74, 6) is -0.936. The Balaban J connectivity index is 2.36. The molecular formula is C15H14ClNO2. The van der Waals surface area contributed by atoms with E-state index in [1.165, 1.54) is 0 Å². The topological polar surface area (TPSA) is 49.3 Å². The molecule has 19 heavy (non-hydrogen) atoms. The van der Waals surface area contributed by atoms with Gasteiger partial charge >= 0.3 is 5.97 Å². The van der Waals surface area contributed by atoms with Crippen molar-refractivity contribution in [3.8, 4) is 0 Å². The van der Waals surface area contributed by atoms with Gasteiger partial charge in [0.25, 0.3) is 0 Å². The van der Waals surface area contributed by atoms with E-state index in [2.05, 4.69) is 5.32 Å². The van der Waals surface area contributed by atoms with E-state index >= 15 is 0 Å². The van der Waals surface area contributed by atoms with Crippen LogP contribution in [0.5, 0.6) is 0 Å². The van der Waals surface area contributed by atoms with Crippen LogP contribution in [0.3, 0.4) is 0 Å². The van der Waals surface area contributed by atoms with Crippen molar-refractivity contribution in [2.45, 2.75) is 12.5 Å². The van der Waals surface area contributed by atoms with Crippen LogP contribution in [0.15, 0.2) is 54.6 Å². The predicted octanol–water partition coefficient (Wildman–Crippen LogP) is 3.75. The second-order valence-electron chi connectivity index (χ2n) is 4.43. The summed E-state index contributed by atoms with van der Waals surface area (Å²) in [6.07, 6.45) is 0. The molecule has 3 nitrogen and oxygen atoms in total. The van der Waals surface area contributed by atoms with Crippen LogP contribution in [-0.2, 0) is 10.3 Å². The zero-order chi connectivity index (χ0) is 13.9. The number of nitrogens with one attached hydrogen (secondary N) is 1. The summed E-state index contributed by atoms with van der Waals surface area (Å²) in [6.45, 7) is 1.64. The van der Waals surface area contributed by atoms with Crippen molar-refractivity contribution in [3.63, 3.8) is 0 Å². The van der Waals surface area contributed by atoms with Gasteiger partial charge in [0.1, 0.15) is 0 Å². The van der Waals surface area contributed by atoms with Gasteiger partial charge in [-0.3, -0.25) is 0 Å². The summed E-state index contributed by atoms with van der Waals surface area (Å²) in [5.41, 5.74) is 0.213. The molecule has 4 heteroatoms. The van der Waals surface area contributed by atoms with Crippen LogP contribution in [-0.4, -0.2) is 11.1 Å². The molecular weight excluding hydrogens is 262 g/mol. The molecule has 98 valence electrons. The maximum Gasteiger partial charge on any atom is 0.333 e. The van der Waals surface area contributed by atoms with E-state index in [0.717, 1.165) is 0 Å². The first-order chi connectivity index (χ1) is 9.02. The summed E-state index contributed by atoms with van der Waals surface area (Å²) in [7, 11) is 0. The van der Waals surface area contributed by atoms with Gasteiger partial charge in [-0.25, -0.2) is 4.79 Å². The molecule has 2 aromatic rings. The van der Waals surface area contributed by atoms with E-state index in [1.807, 2.05) is 18.2 Å². The van der Waals surface area contributed by atoms with Gasteiger partial charge < -0.3 is 10.4 Å². The van der Waals surface area contributed by atoms with Gasteiger partial charge in [-0.15, -0.1) is 0 Å². The van der Waals surface area contributed by atoms with Crippen LogP contribution < -0.4 is 5.32 Å². The number of anilines is 1. The highest BCUT2D eigenvalue weighted by Gasteiger charge is 2.34. The van der Waals surface area contributed by atoms with Gasteiger partial charge in [0.05, 0.1) is 0 Å². The molecule has 1 atom stereocenters. The first-order valence-corrected chi connectivity index (χ1v) is 6.23. The first kappa shape index (κ1) is 13.4. The minimum Gasteiger partial charge on any atom is -0.479 e. The molecule has 0 radical (unpaired) electrons. The summed E-state index contributed by atoms with van der Waals surface area (Å²) in [5, 5.41) is 13.2. The van der Waals surface area contributed by atoms with Crippen LogP contribution in [0.1, 0.15) is 12.5 Å². The molecule has 2 aromatic carbocycles. The fourth-order valence-electron chi connectivity index (χ4n) is 1.84. The number of hydrogen-bond donors (Lipinski definition) is 2. The molecule has 0 aromatic heterocycles. The highest BCUT2D eigenvalue weighted by atomic mass is 35.5. The van der Waals surface area contributed by atoms with Crippen LogP contribution in [0, 0.1) is 0 Å². The van der Waals surface area contributed by atoms with Gasteiger partial charge in [0.15, 0.2) is 5.54 Å². The number of hydrogen-bond acceptors (Lipinski definition) is 2. The molecule has 0 saturated carbocycles. The summed E-state index contributed by atoms with van der Waals surface area (Å²) in [6, 6.07) is 16.0. The van der Waals surface area contributed by atoms with Gasteiger partial charge in [0, 0.05) is 10.7 Å². The third-order valence-electron chi connectivity index (χ3n) is 3.02. The third-order valence-corrected chi connectivity index (χ3v) is 3.27. The summed E-state index contributed by atoms with van der Waals surface area (Å²) in [4.78, 5) is 11.6. The molecule has 2 N–H and O–H groups in total. The molecule has 0 amide bonds. The monoisotopic (exact) mass is 275 g/mol. The van der Waals surface area contributed by atoms with Gasteiger partial charge in [-0.2, -0.15) is 0 Å². The second kappa shape index (κ2) is 5.33. The molecule has 0 saturated heterocycles. The Hall–Kier alpha value is -2.00. The van der Waals surface area contributed by atoms with E-state index in [-0.39, 0.29) is 0 Å². The average molecular weight is 276 g/mol. The van der Waals surface area contributed by atoms with Crippen LogP contribution in [0.4, 0.5) is 5.69 Å². The van der Waals surface area contributed by atoms with Crippen molar-refractivity contribution in [3.05, 3.63) is 65.2 Å². The van der Waals surface area contributed by atoms with Crippen LogP contribution in [0.2, 0.25) is 5.02 Å². The third kappa shape index (κ3) is 2.88. The van der Waals surface area contributed by atoms with E-state index in [9.17, 15) is 9.90 Å². The Morgan fingerprint density at radius 3 is 2.21 bits per heavy atom. The first-order valence-electron chi connectivity index (χ1n) is 5.85. The predicted molar refractivity (Wildman–Crippen MR) is 76.5 cm³/mol. The fourth-order valence-corrected chi connectivity index (χ4v) is 1.97.